The molecule has 2 heterocycles. The summed E-state index contributed by atoms with van der Waals surface area (Å²) in [4.78, 5) is 43.7. The molecular weight excluding hydrogens is 392 g/mol. The number of nitrogens with zero attached hydrogens (tertiary/aromatic N) is 2. The molecule has 0 aromatic carbocycles. The first-order chi connectivity index (χ1) is 13.7. The van der Waals surface area contributed by atoms with Crippen molar-refractivity contribution in [2.45, 2.75) is 53.0 Å². The van der Waals surface area contributed by atoms with Gasteiger partial charge in [-0.05, 0) is 36.8 Å². The fraction of sp³-hybridized carbons (Fsp3) is 0.619. The van der Waals surface area contributed by atoms with Gasteiger partial charge in [0, 0.05) is 25.7 Å². The lowest BCUT2D eigenvalue weighted by Gasteiger charge is -2.35. The highest BCUT2D eigenvalue weighted by Crippen LogP contribution is 2.21. The summed E-state index contributed by atoms with van der Waals surface area (Å²) in [6.07, 6.45) is 3.30. The number of anilines is 1. The van der Waals surface area contributed by atoms with Crippen LogP contribution in [-0.4, -0.2) is 46.7 Å². The van der Waals surface area contributed by atoms with E-state index in [0.717, 1.165) is 6.42 Å². The van der Waals surface area contributed by atoms with Crippen LogP contribution in [0.25, 0.3) is 0 Å². The highest BCUT2D eigenvalue weighted by molar-refractivity contribution is 6.30. The first kappa shape index (κ1) is 23.1. The van der Waals surface area contributed by atoms with E-state index >= 15 is 0 Å². The Labute approximate surface area is 177 Å². The lowest BCUT2D eigenvalue weighted by molar-refractivity contribution is -0.140. The van der Waals surface area contributed by atoms with Gasteiger partial charge in [0.2, 0.25) is 17.7 Å². The van der Waals surface area contributed by atoms with Gasteiger partial charge in [0.15, 0.2) is 0 Å². The molecule has 1 aliphatic rings. The topological polar surface area (TPSA) is 91.4 Å². The fourth-order valence-electron chi connectivity index (χ4n) is 3.38. The lowest BCUT2D eigenvalue weighted by atomic mass is 9.94. The van der Waals surface area contributed by atoms with E-state index in [1.54, 1.807) is 17.0 Å². The quantitative estimate of drug-likeness (QED) is 0.706. The average molecular weight is 423 g/mol. The molecule has 1 aliphatic heterocycles. The summed E-state index contributed by atoms with van der Waals surface area (Å²) >= 11 is 5.82. The molecule has 8 heteroatoms. The van der Waals surface area contributed by atoms with Crippen LogP contribution in [0.2, 0.25) is 5.02 Å². The van der Waals surface area contributed by atoms with Crippen LogP contribution in [0, 0.1) is 17.8 Å². The number of hydrogen-bond donors (Lipinski definition) is 2. The molecule has 1 saturated heterocycles. The molecule has 0 bridgehead atoms. The minimum atomic E-state index is -0.582. The second kappa shape index (κ2) is 10.6. The monoisotopic (exact) mass is 422 g/mol. The van der Waals surface area contributed by atoms with Crippen LogP contribution in [0.15, 0.2) is 18.3 Å². The predicted octanol–water partition coefficient (Wildman–Crippen LogP) is 3.10. The maximum absolute atomic E-state index is 13.1. The lowest BCUT2D eigenvalue weighted by Crippen LogP contribution is -2.54. The molecular formula is C21H31ClN4O3. The summed E-state index contributed by atoms with van der Waals surface area (Å²) in [5, 5.41) is 6.17. The number of rotatable bonds is 7. The van der Waals surface area contributed by atoms with Crippen molar-refractivity contribution in [3.8, 4) is 0 Å². The Morgan fingerprint density at radius 3 is 2.55 bits per heavy atom. The highest BCUT2D eigenvalue weighted by atomic mass is 35.5. The van der Waals surface area contributed by atoms with Crippen molar-refractivity contribution in [1.82, 2.24) is 15.2 Å². The van der Waals surface area contributed by atoms with Gasteiger partial charge in [0.1, 0.15) is 11.9 Å². The number of piperidine rings is 1. The summed E-state index contributed by atoms with van der Waals surface area (Å²) < 4.78 is 0. The maximum atomic E-state index is 13.1. The van der Waals surface area contributed by atoms with Gasteiger partial charge in [0.25, 0.3) is 0 Å². The third-order valence-electron chi connectivity index (χ3n) is 4.93. The normalized spacial score (nSPS) is 17.9. The zero-order valence-corrected chi connectivity index (χ0v) is 18.3. The minimum Gasteiger partial charge on any atom is -0.344 e. The Balaban J connectivity index is 1.99. The van der Waals surface area contributed by atoms with E-state index in [1.165, 1.54) is 6.20 Å². The molecule has 29 heavy (non-hydrogen) atoms. The SMILES string of the molecule is CC(C)CC(=O)NC(C(=O)N1CCCC(C(=O)Nc2ccc(Cl)cn2)C1)C(C)C. The van der Waals surface area contributed by atoms with Gasteiger partial charge in [0.05, 0.1) is 10.9 Å². The van der Waals surface area contributed by atoms with E-state index < -0.39 is 6.04 Å². The Morgan fingerprint density at radius 1 is 1.24 bits per heavy atom. The standard InChI is InChI=1S/C21H31ClN4O3/c1-13(2)10-18(27)25-19(14(3)4)21(29)26-9-5-6-15(12-26)20(28)24-17-8-7-16(22)11-23-17/h7-8,11,13-15,19H,5-6,9-10,12H2,1-4H3,(H,25,27)(H,23,24,28). The molecule has 0 spiro atoms. The van der Waals surface area contributed by atoms with E-state index in [4.69, 9.17) is 11.6 Å². The van der Waals surface area contributed by atoms with Crippen molar-refractivity contribution in [3.63, 3.8) is 0 Å². The third kappa shape index (κ3) is 6.99. The minimum absolute atomic E-state index is 0.0360. The van der Waals surface area contributed by atoms with Crippen molar-refractivity contribution >= 4 is 35.1 Å². The van der Waals surface area contributed by atoms with Crippen LogP contribution in [0.4, 0.5) is 5.82 Å². The number of amides is 3. The molecule has 1 aromatic rings. The number of nitrogens with one attached hydrogen (secondary N) is 2. The third-order valence-corrected chi connectivity index (χ3v) is 5.15. The van der Waals surface area contributed by atoms with Gasteiger partial charge < -0.3 is 15.5 Å². The van der Waals surface area contributed by atoms with E-state index in [-0.39, 0.29) is 35.5 Å². The van der Waals surface area contributed by atoms with Crippen molar-refractivity contribution in [1.29, 1.82) is 0 Å². The van der Waals surface area contributed by atoms with Crippen molar-refractivity contribution in [2.24, 2.45) is 17.8 Å². The molecule has 1 aromatic heterocycles. The van der Waals surface area contributed by atoms with Crippen LogP contribution in [-0.2, 0) is 14.4 Å². The number of hydrogen-bond acceptors (Lipinski definition) is 4. The molecule has 2 unspecified atom stereocenters. The van der Waals surface area contributed by atoms with Gasteiger partial charge >= 0.3 is 0 Å². The Hall–Kier alpha value is -2.15. The summed E-state index contributed by atoms with van der Waals surface area (Å²) in [5.41, 5.74) is 0. The Morgan fingerprint density at radius 2 is 1.97 bits per heavy atom. The summed E-state index contributed by atoms with van der Waals surface area (Å²) in [7, 11) is 0. The van der Waals surface area contributed by atoms with Gasteiger partial charge in [-0.1, -0.05) is 39.3 Å². The second-order valence-corrected chi connectivity index (χ2v) is 8.80. The first-order valence-electron chi connectivity index (χ1n) is 10.2. The Bertz CT molecular complexity index is 721. The first-order valence-corrected chi connectivity index (χ1v) is 10.6. The van der Waals surface area contributed by atoms with Crippen LogP contribution in [0.5, 0.6) is 0 Å². The van der Waals surface area contributed by atoms with Crippen LogP contribution in [0.1, 0.15) is 47.0 Å². The van der Waals surface area contributed by atoms with E-state index in [9.17, 15) is 14.4 Å². The maximum Gasteiger partial charge on any atom is 0.245 e. The molecule has 1 fully saturated rings. The van der Waals surface area contributed by atoms with Crippen LogP contribution < -0.4 is 10.6 Å². The molecule has 2 N–H and O–H groups in total. The summed E-state index contributed by atoms with van der Waals surface area (Å²) in [6, 6.07) is 2.72. The molecule has 2 rings (SSSR count). The number of halogens is 1. The van der Waals surface area contributed by atoms with Gasteiger partial charge in [-0.25, -0.2) is 4.98 Å². The van der Waals surface area contributed by atoms with Crippen molar-refractivity contribution in [2.75, 3.05) is 18.4 Å². The fourth-order valence-corrected chi connectivity index (χ4v) is 3.49. The number of carbonyl (C=O) groups is 3. The molecule has 7 nitrogen and oxygen atoms in total. The number of carbonyl (C=O) groups excluding carboxylic acids is 3. The smallest absolute Gasteiger partial charge is 0.245 e. The summed E-state index contributed by atoms with van der Waals surface area (Å²) in [6.45, 7) is 8.69. The van der Waals surface area contributed by atoms with Crippen molar-refractivity contribution < 1.29 is 14.4 Å². The molecule has 0 radical (unpaired) electrons. The predicted molar refractivity (Wildman–Crippen MR) is 113 cm³/mol. The molecule has 2 atom stereocenters. The number of pyridine rings is 1. The van der Waals surface area contributed by atoms with E-state index in [1.807, 2.05) is 27.7 Å². The zero-order chi connectivity index (χ0) is 21.6. The van der Waals surface area contributed by atoms with E-state index in [0.29, 0.717) is 36.8 Å². The van der Waals surface area contributed by atoms with Gasteiger partial charge in [-0.2, -0.15) is 0 Å². The van der Waals surface area contributed by atoms with Gasteiger partial charge in [-0.3, -0.25) is 14.4 Å². The number of likely N-dealkylation sites (tertiary alicyclic amines) is 1. The Kier molecular flexibility index (Phi) is 8.44. The van der Waals surface area contributed by atoms with Crippen molar-refractivity contribution in [3.05, 3.63) is 23.4 Å². The van der Waals surface area contributed by atoms with Gasteiger partial charge in [-0.15, -0.1) is 0 Å². The molecule has 160 valence electrons. The number of aromatic nitrogens is 1. The second-order valence-electron chi connectivity index (χ2n) is 8.36. The largest absolute Gasteiger partial charge is 0.344 e. The van der Waals surface area contributed by atoms with Crippen LogP contribution >= 0.6 is 11.6 Å². The molecule has 0 saturated carbocycles. The zero-order valence-electron chi connectivity index (χ0n) is 17.6. The van der Waals surface area contributed by atoms with E-state index in [2.05, 4.69) is 15.6 Å². The summed E-state index contributed by atoms with van der Waals surface area (Å²) in [5.74, 6) is -0.101. The average Bonchev–Trinajstić information content (AvgIpc) is 2.66. The highest BCUT2D eigenvalue weighted by Gasteiger charge is 2.34. The molecule has 0 aliphatic carbocycles. The molecule has 3 amide bonds. The van der Waals surface area contributed by atoms with Crippen LogP contribution in [0.3, 0.4) is 0 Å².